The minimum Gasteiger partial charge on any atom is -0.339 e. The van der Waals surface area contributed by atoms with E-state index < -0.39 is 0 Å². The number of likely N-dealkylation sites (tertiary alicyclic amines) is 1. The van der Waals surface area contributed by atoms with Gasteiger partial charge in [0.15, 0.2) is 5.65 Å². The van der Waals surface area contributed by atoms with Gasteiger partial charge in [-0.1, -0.05) is 0 Å². The molecule has 3 aromatic heterocycles. The Bertz CT molecular complexity index is 948. The summed E-state index contributed by atoms with van der Waals surface area (Å²) in [4.78, 5) is 23.7. The van der Waals surface area contributed by atoms with Crippen LogP contribution in [-0.4, -0.2) is 48.2 Å². The molecule has 0 bridgehead atoms. The third kappa shape index (κ3) is 2.98. The van der Waals surface area contributed by atoms with Gasteiger partial charge in [-0.05, 0) is 31.7 Å². The van der Waals surface area contributed by atoms with Crippen molar-refractivity contribution in [1.29, 1.82) is 0 Å². The Morgan fingerprint density at radius 1 is 1.23 bits per heavy atom. The van der Waals surface area contributed by atoms with E-state index in [-0.39, 0.29) is 5.91 Å². The van der Waals surface area contributed by atoms with Gasteiger partial charge >= 0.3 is 0 Å². The van der Waals surface area contributed by atoms with Crippen LogP contribution in [0.3, 0.4) is 0 Å². The molecule has 0 saturated carbocycles. The van der Waals surface area contributed by atoms with Gasteiger partial charge in [-0.3, -0.25) is 9.48 Å². The lowest BCUT2D eigenvalue weighted by atomic mass is 9.93. The predicted octanol–water partition coefficient (Wildman–Crippen LogP) is 2.11. The number of rotatable bonds is 3. The molecule has 0 spiro atoms. The van der Waals surface area contributed by atoms with Crippen molar-refractivity contribution >= 4 is 16.9 Å². The normalized spacial score (nSPS) is 15.7. The summed E-state index contributed by atoms with van der Waals surface area (Å²) in [6, 6.07) is 1.92. The highest BCUT2D eigenvalue weighted by molar-refractivity contribution is 5.97. The van der Waals surface area contributed by atoms with Gasteiger partial charge in [0.05, 0.1) is 11.3 Å². The minimum atomic E-state index is 0.0677. The first-order chi connectivity index (χ1) is 12.5. The number of hydrogen-bond donors (Lipinski definition) is 0. The molecule has 0 atom stereocenters. The van der Waals surface area contributed by atoms with Gasteiger partial charge in [0, 0.05) is 57.6 Å². The molecular formula is C19H24N6O. The smallest absolute Gasteiger partial charge is 0.255 e. The monoisotopic (exact) mass is 352 g/mol. The number of carbonyl (C=O) groups excluding carboxylic acids is 1. The predicted molar refractivity (Wildman–Crippen MR) is 98.8 cm³/mol. The third-order valence-electron chi connectivity index (χ3n) is 5.40. The average molecular weight is 352 g/mol. The van der Waals surface area contributed by atoms with Crippen molar-refractivity contribution in [2.24, 2.45) is 20.0 Å². The quantitative estimate of drug-likeness (QED) is 0.724. The van der Waals surface area contributed by atoms with E-state index in [9.17, 15) is 4.79 Å². The maximum absolute atomic E-state index is 12.9. The van der Waals surface area contributed by atoms with Crippen LogP contribution in [-0.2, 0) is 20.5 Å². The van der Waals surface area contributed by atoms with Gasteiger partial charge in [-0.15, -0.1) is 0 Å². The molecule has 7 heteroatoms. The number of amides is 1. The van der Waals surface area contributed by atoms with E-state index >= 15 is 0 Å². The summed E-state index contributed by atoms with van der Waals surface area (Å²) in [5.41, 5.74) is 2.36. The summed E-state index contributed by atoms with van der Waals surface area (Å²) in [5.74, 6) is 1.77. The maximum atomic E-state index is 12.9. The van der Waals surface area contributed by atoms with Crippen LogP contribution in [0, 0.1) is 12.8 Å². The Balaban J connectivity index is 1.43. The van der Waals surface area contributed by atoms with E-state index in [1.54, 1.807) is 10.9 Å². The van der Waals surface area contributed by atoms with Crippen LogP contribution in [0.2, 0.25) is 0 Å². The van der Waals surface area contributed by atoms with Crippen LogP contribution in [0.4, 0.5) is 0 Å². The number of fused-ring (bicyclic) bond motifs is 1. The molecule has 0 aromatic carbocycles. The van der Waals surface area contributed by atoms with Gasteiger partial charge in [0.1, 0.15) is 5.82 Å². The van der Waals surface area contributed by atoms with Crippen LogP contribution in [0.25, 0.3) is 11.0 Å². The van der Waals surface area contributed by atoms with Crippen LogP contribution in [0.1, 0.15) is 34.7 Å². The fraction of sp³-hybridized carbons (Fsp3) is 0.474. The largest absolute Gasteiger partial charge is 0.339 e. The van der Waals surface area contributed by atoms with Gasteiger partial charge in [0.2, 0.25) is 0 Å². The molecular weight excluding hydrogens is 328 g/mol. The van der Waals surface area contributed by atoms with E-state index in [1.807, 2.05) is 44.4 Å². The lowest BCUT2D eigenvalue weighted by molar-refractivity contribution is 0.0689. The zero-order valence-electron chi connectivity index (χ0n) is 15.5. The van der Waals surface area contributed by atoms with E-state index in [0.717, 1.165) is 54.9 Å². The van der Waals surface area contributed by atoms with Gasteiger partial charge in [-0.2, -0.15) is 5.10 Å². The number of nitrogens with zero attached hydrogens (tertiary/aromatic N) is 6. The molecule has 0 aliphatic carbocycles. The first kappa shape index (κ1) is 16.8. The van der Waals surface area contributed by atoms with Crippen molar-refractivity contribution in [3.8, 4) is 0 Å². The SMILES string of the molecule is Cc1nn(C)c2ncc(C(=O)N3CCC(Cc4nccn4C)CC3)cc12. The Morgan fingerprint density at radius 2 is 2.00 bits per heavy atom. The van der Waals surface area contributed by atoms with Gasteiger partial charge < -0.3 is 9.47 Å². The third-order valence-corrected chi connectivity index (χ3v) is 5.40. The van der Waals surface area contributed by atoms with Crippen LogP contribution < -0.4 is 0 Å². The summed E-state index contributed by atoms with van der Waals surface area (Å²) in [7, 11) is 3.90. The van der Waals surface area contributed by atoms with Gasteiger partial charge in [-0.25, -0.2) is 9.97 Å². The second-order valence-electron chi connectivity index (χ2n) is 7.20. The number of piperidine rings is 1. The van der Waals surface area contributed by atoms with Crippen molar-refractivity contribution in [3.05, 3.63) is 41.7 Å². The van der Waals surface area contributed by atoms with E-state index in [2.05, 4.69) is 19.6 Å². The van der Waals surface area contributed by atoms with Crippen LogP contribution in [0.15, 0.2) is 24.7 Å². The van der Waals surface area contributed by atoms with Crippen molar-refractivity contribution in [2.45, 2.75) is 26.2 Å². The molecule has 1 aliphatic rings. The number of aryl methyl sites for hydroxylation is 3. The second kappa shape index (κ2) is 6.55. The lowest BCUT2D eigenvalue weighted by Crippen LogP contribution is -2.39. The number of carbonyl (C=O) groups is 1. The van der Waals surface area contributed by atoms with Crippen molar-refractivity contribution in [3.63, 3.8) is 0 Å². The Kier molecular flexibility index (Phi) is 4.22. The zero-order chi connectivity index (χ0) is 18.3. The molecule has 1 aliphatic heterocycles. The zero-order valence-corrected chi connectivity index (χ0v) is 15.5. The minimum absolute atomic E-state index is 0.0677. The number of hydrogen-bond acceptors (Lipinski definition) is 4. The Labute approximate surface area is 152 Å². The highest BCUT2D eigenvalue weighted by Crippen LogP contribution is 2.23. The molecule has 0 unspecified atom stereocenters. The van der Waals surface area contributed by atoms with Crippen LogP contribution in [0.5, 0.6) is 0 Å². The fourth-order valence-electron chi connectivity index (χ4n) is 3.80. The Morgan fingerprint density at radius 3 is 2.69 bits per heavy atom. The fourth-order valence-corrected chi connectivity index (χ4v) is 3.80. The molecule has 136 valence electrons. The summed E-state index contributed by atoms with van der Waals surface area (Å²) in [5, 5.41) is 5.32. The van der Waals surface area contributed by atoms with E-state index in [1.165, 1.54) is 0 Å². The molecule has 1 amide bonds. The summed E-state index contributed by atoms with van der Waals surface area (Å²) >= 11 is 0. The molecule has 3 aromatic rings. The standard InChI is InChI=1S/C19H24N6O/c1-13-16-11-15(12-21-18(16)24(3)22-13)19(26)25-7-4-14(5-8-25)10-17-20-6-9-23(17)2/h6,9,11-12,14H,4-5,7-8,10H2,1-3H3. The molecule has 0 radical (unpaired) electrons. The highest BCUT2D eigenvalue weighted by atomic mass is 16.2. The van der Waals surface area contributed by atoms with E-state index in [0.29, 0.717) is 11.5 Å². The average Bonchev–Trinajstić information content (AvgIpc) is 3.18. The molecule has 4 rings (SSSR count). The number of pyridine rings is 1. The molecule has 26 heavy (non-hydrogen) atoms. The van der Waals surface area contributed by atoms with Crippen molar-refractivity contribution in [2.75, 3.05) is 13.1 Å². The van der Waals surface area contributed by atoms with Crippen LogP contribution >= 0.6 is 0 Å². The number of imidazole rings is 1. The first-order valence-corrected chi connectivity index (χ1v) is 9.07. The summed E-state index contributed by atoms with van der Waals surface area (Å²) < 4.78 is 3.83. The molecule has 4 heterocycles. The van der Waals surface area contributed by atoms with Crippen molar-refractivity contribution in [1.82, 2.24) is 29.2 Å². The van der Waals surface area contributed by atoms with Crippen molar-refractivity contribution < 1.29 is 4.79 Å². The summed E-state index contributed by atoms with van der Waals surface area (Å²) in [6.07, 6.45) is 8.51. The lowest BCUT2D eigenvalue weighted by Gasteiger charge is -2.32. The summed E-state index contributed by atoms with van der Waals surface area (Å²) in [6.45, 7) is 3.53. The first-order valence-electron chi connectivity index (χ1n) is 9.07. The Hall–Kier alpha value is -2.70. The molecule has 1 saturated heterocycles. The maximum Gasteiger partial charge on any atom is 0.255 e. The molecule has 0 N–H and O–H groups in total. The molecule has 7 nitrogen and oxygen atoms in total. The number of aromatic nitrogens is 5. The highest BCUT2D eigenvalue weighted by Gasteiger charge is 2.25. The topological polar surface area (TPSA) is 68.8 Å². The van der Waals surface area contributed by atoms with E-state index in [4.69, 9.17) is 0 Å². The molecule has 1 fully saturated rings. The second-order valence-corrected chi connectivity index (χ2v) is 7.20. The van der Waals surface area contributed by atoms with Gasteiger partial charge in [0.25, 0.3) is 5.91 Å².